The highest BCUT2D eigenvalue weighted by molar-refractivity contribution is 5.78. The van der Waals surface area contributed by atoms with Crippen LogP contribution in [0.2, 0.25) is 0 Å². The smallest absolute Gasteiger partial charge is 0.236 e. The molecule has 3 fully saturated rings. The summed E-state index contributed by atoms with van der Waals surface area (Å²) in [5.74, 6) is 0.748. The van der Waals surface area contributed by atoms with Gasteiger partial charge < -0.3 is 15.3 Å². The highest BCUT2D eigenvalue weighted by atomic mass is 16.3. The van der Waals surface area contributed by atoms with Crippen molar-refractivity contribution in [2.45, 2.75) is 38.1 Å². The lowest BCUT2D eigenvalue weighted by molar-refractivity contribution is -0.133. The summed E-state index contributed by atoms with van der Waals surface area (Å²) in [4.78, 5) is 16.8. The van der Waals surface area contributed by atoms with Crippen LogP contribution in [-0.4, -0.2) is 73.2 Å². The van der Waals surface area contributed by atoms with Gasteiger partial charge in [0.15, 0.2) is 0 Å². The van der Waals surface area contributed by atoms with Crippen molar-refractivity contribution in [3.63, 3.8) is 0 Å². The minimum atomic E-state index is -0.0102. The molecule has 0 aromatic heterocycles. The zero-order chi connectivity index (χ0) is 14.9. The maximum atomic E-state index is 12.5. The van der Waals surface area contributed by atoms with Gasteiger partial charge in [-0.1, -0.05) is 19.3 Å². The van der Waals surface area contributed by atoms with Crippen molar-refractivity contribution in [3.8, 4) is 0 Å². The van der Waals surface area contributed by atoms with E-state index >= 15 is 0 Å². The normalized spacial score (nSPS) is 34.1. The number of likely N-dealkylation sites (tertiary alicyclic amines) is 1. The summed E-state index contributed by atoms with van der Waals surface area (Å²) in [6.45, 7) is 4.41. The van der Waals surface area contributed by atoms with E-state index < -0.39 is 0 Å². The van der Waals surface area contributed by atoms with Crippen LogP contribution in [0.15, 0.2) is 0 Å². The van der Waals surface area contributed by atoms with Crippen molar-refractivity contribution in [2.75, 3.05) is 46.4 Å². The molecule has 2 unspecified atom stereocenters. The monoisotopic (exact) mass is 295 g/mol. The molecule has 3 rings (SSSR count). The van der Waals surface area contributed by atoms with Gasteiger partial charge in [-0.25, -0.2) is 0 Å². The van der Waals surface area contributed by atoms with Crippen LogP contribution in [0, 0.1) is 11.3 Å². The third-order valence-corrected chi connectivity index (χ3v) is 5.94. The van der Waals surface area contributed by atoms with Gasteiger partial charge in [-0.3, -0.25) is 9.69 Å². The number of rotatable bonds is 4. The number of fused-ring (bicyclic) bond motifs is 1. The lowest BCUT2D eigenvalue weighted by Gasteiger charge is -2.32. The molecule has 120 valence electrons. The van der Waals surface area contributed by atoms with E-state index in [4.69, 9.17) is 0 Å². The molecule has 1 aliphatic carbocycles. The van der Waals surface area contributed by atoms with E-state index in [1.165, 1.54) is 19.3 Å². The fraction of sp³-hybridized carbons (Fsp3) is 0.938. The summed E-state index contributed by atoms with van der Waals surface area (Å²) in [5.41, 5.74) is -0.0102. The van der Waals surface area contributed by atoms with Gasteiger partial charge in [-0.05, 0) is 25.3 Å². The summed E-state index contributed by atoms with van der Waals surface area (Å²) < 4.78 is 0. The number of nitrogens with zero attached hydrogens (tertiary/aromatic N) is 2. The van der Waals surface area contributed by atoms with E-state index in [2.05, 4.69) is 10.2 Å². The Morgan fingerprint density at radius 1 is 1.38 bits per heavy atom. The molecule has 1 saturated carbocycles. The van der Waals surface area contributed by atoms with E-state index in [1.54, 1.807) is 0 Å². The first-order chi connectivity index (χ1) is 10.1. The quantitative estimate of drug-likeness (QED) is 0.783. The zero-order valence-electron chi connectivity index (χ0n) is 13.2. The predicted octanol–water partition coefficient (Wildman–Crippen LogP) is 0.291. The van der Waals surface area contributed by atoms with Crippen molar-refractivity contribution < 1.29 is 9.90 Å². The van der Waals surface area contributed by atoms with E-state index in [0.717, 1.165) is 39.0 Å². The molecule has 2 N–H and O–H groups in total. The Morgan fingerprint density at radius 3 is 2.81 bits per heavy atom. The second kappa shape index (κ2) is 6.23. The largest absolute Gasteiger partial charge is 0.396 e. The van der Waals surface area contributed by atoms with Crippen molar-refractivity contribution in [3.05, 3.63) is 0 Å². The van der Waals surface area contributed by atoms with Crippen molar-refractivity contribution in [1.29, 1.82) is 0 Å². The first kappa shape index (κ1) is 15.3. The van der Waals surface area contributed by atoms with Crippen molar-refractivity contribution in [2.24, 2.45) is 11.3 Å². The summed E-state index contributed by atoms with van der Waals surface area (Å²) in [6, 6.07) is 0.446. The van der Waals surface area contributed by atoms with Crippen LogP contribution in [0.25, 0.3) is 0 Å². The molecule has 2 heterocycles. The second-order valence-electron chi connectivity index (χ2n) is 7.31. The van der Waals surface area contributed by atoms with Crippen molar-refractivity contribution in [1.82, 2.24) is 15.1 Å². The van der Waals surface area contributed by atoms with Crippen LogP contribution in [0.1, 0.15) is 32.1 Å². The van der Waals surface area contributed by atoms with Gasteiger partial charge in [-0.2, -0.15) is 0 Å². The number of hydrogen-bond acceptors (Lipinski definition) is 4. The summed E-state index contributed by atoms with van der Waals surface area (Å²) in [5, 5.41) is 13.1. The maximum absolute atomic E-state index is 12.5. The van der Waals surface area contributed by atoms with Gasteiger partial charge in [0, 0.05) is 38.1 Å². The Morgan fingerprint density at radius 2 is 2.14 bits per heavy atom. The first-order valence-electron chi connectivity index (χ1n) is 8.44. The Bertz CT molecular complexity index is 384. The lowest BCUT2D eigenvalue weighted by atomic mass is 9.82. The number of amides is 1. The number of aliphatic hydroxyl groups is 1. The molecule has 2 saturated heterocycles. The molecule has 0 aromatic carbocycles. The number of nitrogens with one attached hydrogen (secondary N) is 1. The Hall–Kier alpha value is -0.650. The van der Waals surface area contributed by atoms with Gasteiger partial charge in [0.05, 0.1) is 13.2 Å². The number of aliphatic hydroxyl groups excluding tert-OH is 1. The fourth-order valence-electron chi connectivity index (χ4n) is 4.45. The molecule has 0 radical (unpaired) electrons. The van der Waals surface area contributed by atoms with Crippen LogP contribution in [0.5, 0.6) is 0 Å². The Labute approximate surface area is 127 Å². The van der Waals surface area contributed by atoms with Gasteiger partial charge in [-0.15, -0.1) is 0 Å². The molecule has 0 bridgehead atoms. The van der Waals surface area contributed by atoms with Crippen LogP contribution in [0.4, 0.5) is 0 Å². The molecule has 5 nitrogen and oxygen atoms in total. The topological polar surface area (TPSA) is 55.8 Å². The minimum absolute atomic E-state index is 0.0102. The number of hydrogen-bond donors (Lipinski definition) is 2. The van der Waals surface area contributed by atoms with E-state index in [1.807, 2.05) is 11.9 Å². The number of likely N-dealkylation sites (N-methyl/N-ethyl adjacent to an activating group) is 1. The van der Waals surface area contributed by atoms with Gasteiger partial charge in [0.25, 0.3) is 0 Å². The molecule has 21 heavy (non-hydrogen) atoms. The SMILES string of the molecule is CN(C(=O)CN1CC2CNCC2(CO)C1)C1CCCCC1. The summed E-state index contributed by atoms with van der Waals surface area (Å²) in [6.07, 6.45) is 6.16. The van der Waals surface area contributed by atoms with Crippen LogP contribution in [0.3, 0.4) is 0 Å². The van der Waals surface area contributed by atoms with Crippen LogP contribution >= 0.6 is 0 Å². The molecule has 0 aromatic rings. The number of carbonyl (C=O) groups excluding carboxylic acids is 1. The molecular formula is C16H29N3O2. The standard InChI is InChI=1S/C16H29N3O2/c1-18(14-5-3-2-4-6-14)15(21)9-19-8-13-7-17-10-16(13,11-19)12-20/h13-14,17,20H,2-12H2,1H3. The Kier molecular flexibility index (Phi) is 4.52. The summed E-state index contributed by atoms with van der Waals surface area (Å²) in [7, 11) is 1.97. The molecular weight excluding hydrogens is 266 g/mol. The van der Waals surface area contributed by atoms with E-state index in [0.29, 0.717) is 18.5 Å². The minimum Gasteiger partial charge on any atom is -0.396 e. The molecule has 2 aliphatic heterocycles. The second-order valence-corrected chi connectivity index (χ2v) is 7.31. The summed E-state index contributed by atoms with van der Waals surface area (Å²) >= 11 is 0. The van der Waals surface area contributed by atoms with Gasteiger partial charge >= 0.3 is 0 Å². The predicted molar refractivity (Wildman–Crippen MR) is 82.0 cm³/mol. The van der Waals surface area contributed by atoms with E-state index in [-0.39, 0.29) is 17.9 Å². The zero-order valence-corrected chi connectivity index (χ0v) is 13.2. The highest BCUT2D eigenvalue weighted by Gasteiger charge is 2.49. The van der Waals surface area contributed by atoms with Crippen LogP contribution < -0.4 is 5.32 Å². The number of carbonyl (C=O) groups is 1. The first-order valence-corrected chi connectivity index (χ1v) is 8.44. The van der Waals surface area contributed by atoms with Gasteiger partial charge in [0.1, 0.15) is 0 Å². The average Bonchev–Trinajstić information content (AvgIpc) is 3.04. The maximum Gasteiger partial charge on any atom is 0.236 e. The molecule has 2 atom stereocenters. The van der Waals surface area contributed by atoms with Crippen molar-refractivity contribution >= 4 is 5.91 Å². The van der Waals surface area contributed by atoms with E-state index in [9.17, 15) is 9.90 Å². The highest BCUT2D eigenvalue weighted by Crippen LogP contribution is 2.38. The molecule has 0 spiro atoms. The third kappa shape index (κ3) is 2.96. The third-order valence-electron chi connectivity index (χ3n) is 5.94. The van der Waals surface area contributed by atoms with Crippen LogP contribution in [-0.2, 0) is 4.79 Å². The molecule has 1 amide bonds. The fourth-order valence-corrected chi connectivity index (χ4v) is 4.45. The van der Waals surface area contributed by atoms with Gasteiger partial charge in [0.2, 0.25) is 5.91 Å². The Balaban J connectivity index is 1.53. The average molecular weight is 295 g/mol. The lowest BCUT2D eigenvalue weighted by Crippen LogP contribution is -2.44. The molecule has 3 aliphatic rings. The molecule has 5 heteroatoms.